The van der Waals surface area contributed by atoms with E-state index in [0.29, 0.717) is 13.0 Å². The topological polar surface area (TPSA) is 46.6 Å². The van der Waals surface area contributed by atoms with Gasteiger partial charge in [-0.1, -0.05) is 56.2 Å². The lowest BCUT2D eigenvalue weighted by Crippen LogP contribution is -2.31. The largest absolute Gasteiger partial charge is 0.444 e. The maximum absolute atomic E-state index is 11.5. The van der Waals surface area contributed by atoms with E-state index in [2.05, 4.69) is 6.92 Å². The van der Waals surface area contributed by atoms with Crippen molar-refractivity contribution in [2.75, 3.05) is 6.54 Å². The third kappa shape index (κ3) is 5.87. The Morgan fingerprint density at radius 1 is 1.20 bits per heavy atom. The summed E-state index contributed by atoms with van der Waals surface area (Å²) in [4.78, 5) is 23.9. The van der Waals surface area contributed by atoms with Crippen molar-refractivity contribution in [1.29, 1.82) is 0 Å². The van der Waals surface area contributed by atoms with Gasteiger partial charge in [-0.15, -0.1) is 0 Å². The number of ether oxygens (including phenoxy) is 1. The summed E-state index contributed by atoms with van der Waals surface area (Å²) >= 11 is 0. The molecule has 2 rings (SSSR count). The zero-order valence-corrected chi connectivity index (χ0v) is 12.2. The van der Waals surface area contributed by atoms with Crippen molar-refractivity contribution in [2.45, 2.75) is 45.6 Å². The van der Waals surface area contributed by atoms with Crippen molar-refractivity contribution in [3.8, 4) is 0 Å². The molecule has 4 heteroatoms. The van der Waals surface area contributed by atoms with Crippen molar-refractivity contribution in [1.82, 2.24) is 4.90 Å². The first-order valence-electron chi connectivity index (χ1n) is 7.16. The second-order valence-corrected chi connectivity index (χ2v) is 4.81. The van der Waals surface area contributed by atoms with E-state index >= 15 is 0 Å². The van der Waals surface area contributed by atoms with Gasteiger partial charge in [0.2, 0.25) is 5.91 Å². The second kappa shape index (κ2) is 9.13. The van der Waals surface area contributed by atoms with Crippen LogP contribution in [0.4, 0.5) is 4.79 Å². The van der Waals surface area contributed by atoms with E-state index in [-0.39, 0.29) is 12.0 Å². The van der Waals surface area contributed by atoms with Gasteiger partial charge in [-0.2, -0.15) is 0 Å². The van der Waals surface area contributed by atoms with E-state index in [1.165, 1.54) is 4.90 Å². The van der Waals surface area contributed by atoms with Gasteiger partial charge >= 0.3 is 6.09 Å². The van der Waals surface area contributed by atoms with Crippen LogP contribution in [-0.2, 0) is 9.53 Å². The van der Waals surface area contributed by atoms with Crippen LogP contribution >= 0.6 is 0 Å². The molecular weight excluding hydrogens is 254 g/mol. The lowest BCUT2D eigenvalue weighted by molar-refractivity contribution is -0.127. The Hall–Kier alpha value is -1.84. The van der Waals surface area contributed by atoms with Crippen LogP contribution in [0.3, 0.4) is 0 Å². The Kier molecular flexibility index (Phi) is 7.40. The van der Waals surface area contributed by atoms with Crippen LogP contribution in [0.25, 0.3) is 0 Å². The maximum Gasteiger partial charge on any atom is 0.416 e. The molecule has 0 aliphatic carbocycles. The van der Waals surface area contributed by atoms with Crippen LogP contribution in [0.1, 0.15) is 39.5 Å². The fraction of sp³-hybridized carbons (Fsp3) is 0.500. The fourth-order valence-electron chi connectivity index (χ4n) is 1.85. The van der Waals surface area contributed by atoms with E-state index in [9.17, 15) is 9.59 Å². The summed E-state index contributed by atoms with van der Waals surface area (Å²) in [6.07, 6.45) is 2.78. The fourth-order valence-corrected chi connectivity index (χ4v) is 1.85. The number of amides is 2. The number of carbonyl (C=O) groups is 2. The average molecular weight is 277 g/mol. The van der Waals surface area contributed by atoms with Gasteiger partial charge in [0.1, 0.15) is 6.10 Å². The van der Waals surface area contributed by atoms with Gasteiger partial charge < -0.3 is 4.74 Å². The molecule has 110 valence electrons. The van der Waals surface area contributed by atoms with Gasteiger partial charge in [-0.05, 0) is 13.3 Å². The van der Waals surface area contributed by atoms with Crippen LogP contribution in [0.15, 0.2) is 36.4 Å². The molecule has 1 aliphatic rings. The monoisotopic (exact) mass is 277 g/mol. The Morgan fingerprint density at radius 2 is 1.75 bits per heavy atom. The van der Waals surface area contributed by atoms with Gasteiger partial charge in [0.05, 0.1) is 6.54 Å². The Morgan fingerprint density at radius 3 is 2.15 bits per heavy atom. The number of nitrogens with zero attached hydrogens (tertiary/aromatic N) is 1. The third-order valence-corrected chi connectivity index (χ3v) is 2.92. The number of unbranched alkanes of at least 4 members (excludes halogenated alkanes) is 2. The van der Waals surface area contributed by atoms with E-state index in [0.717, 1.165) is 19.3 Å². The molecule has 1 unspecified atom stereocenters. The quantitative estimate of drug-likeness (QED) is 0.790. The van der Waals surface area contributed by atoms with Crippen LogP contribution < -0.4 is 0 Å². The predicted octanol–water partition coefficient (Wildman–Crippen LogP) is 3.62. The molecule has 1 saturated heterocycles. The van der Waals surface area contributed by atoms with Gasteiger partial charge in [-0.3, -0.25) is 4.79 Å². The molecule has 1 aromatic rings. The maximum atomic E-state index is 11.5. The van der Waals surface area contributed by atoms with Gasteiger partial charge in [-0.25, -0.2) is 9.69 Å². The SMILES string of the molecule is CCCCCC(=O)N1CC(C)OC1=O.c1ccccc1. The van der Waals surface area contributed by atoms with Crippen molar-refractivity contribution >= 4 is 12.0 Å². The minimum atomic E-state index is -0.487. The summed E-state index contributed by atoms with van der Waals surface area (Å²) in [5, 5.41) is 0. The molecule has 1 fully saturated rings. The first-order valence-corrected chi connectivity index (χ1v) is 7.16. The summed E-state index contributed by atoms with van der Waals surface area (Å²) in [5.74, 6) is -0.104. The second-order valence-electron chi connectivity index (χ2n) is 4.81. The van der Waals surface area contributed by atoms with Crippen LogP contribution in [-0.4, -0.2) is 29.5 Å². The first kappa shape index (κ1) is 16.2. The molecule has 4 nitrogen and oxygen atoms in total. The number of rotatable bonds is 4. The number of benzene rings is 1. The van der Waals surface area contributed by atoms with E-state index in [1.54, 1.807) is 6.92 Å². The van der Waals surface area contributed by atoms with E-state index in [4.69, 9.17) is 4.74 Å². The molecule has 0 N–H and O–H groups in total. The molecule has 1 aliphatic heterocycles. The smallest absolute Gasteiger partial charge is 0.416 e. The Bertz CT molecular complexity index is 379. The Balaban J connectivity index is 0.000000276. The van der Waals surface area contributed by atoms with E-state index < -0.39 is 6.09 Å². The molecule has 20 heavy (non-hydrogen) atoms. The van der Waals surface area contributed by atoms with Crippen LogP contribution in [0, 0.1) is 0 Å². The molecule has 1 heterocycles. The van der Waals surface area contributed by atoms with Gasteiger partial charge in [0.15, 0.2) is 0 Å². The highest BCUT2D eigenvalue weighted by Gasteiger charge is 2.32. The molecular formula is C16H23NO3. The van der Waals surface area contributed by atoms with Crippen LogP contribution in [0.5, 0.6) is 0 Å². The molecule has 0 spiro atoms. The zero-order chi connectivity index (χ0) is 14.8. The summed E-state index contributed by atoms with van der Waals surface area (Å²) in [5.41, 5.74) is 0. The highest BCUT2D eigenvalue weighted by molar-refractivity contribution is 5.93. The zero-order valence-electron chi connectivity index (χ0n) is 12.2. The highest BCUT2D eigenvalue weighted by atomic mass is 16.6. The van der Waals surface area contributed by atoms with Crippen molar-refractivity contribution in [2.24, 2.45) is 0 Å². The summed E-state index contributed by atoms with van der Waals surface area (Å²) in [6, 6.07) is 12.0. The molecule has 0 aromatic heterocycles. The highest BCUT2D eigenvalue weighted by Crippen LogP contribution is 2.13. The predicted molar refractivity (Wildman–Crippen MR) is 78.2 cm³/mol. The lowest BCUT2D eigenvalue weighted by Gasteiger charge is -2.09. The number of carbonyl (C=O) groups excluding carboxylic acids is 2. The molecule has 0 saturated carbocycles. The first-order chi connectivity index (χ1) is 9.65. The third-order valence-electron chi connectivity index (χ3n) is 2.92. The molecule has 0 radical (unpaired) electrons. The number of hydrogen-bond donors (Lipinski definition) is 0. The average Bonchev–Trinajstić information content (AvgIpc) is 2.80. The summed E-state index contributed by atoms with van der Waals surface area (Å²) in [6.45, 7) is 4.28. The molecule has 1 atom stereocenters. The van der Waals surface area contributed by atoms with Gasteiger partial charge in [0.25, 0.3) is 0 Å². The molecule has 2 amide bonds. The molecule has 0 bridgehead atoms. The summed E-state index contributed by atoms with van der Waals surface area (Å²) in [7, 11) is 0. The molecule has 1 aromatic carbocycles. The minimum absolute atomic E-state index is 0.104. The lowest BCUT2D eigenvalue weighted by atomic mass is 10.2. The van der Waals surface area contributed by atoms with Crippen LogP contribution in [0.2, 0.25) is 0 Å². The summed E-state index contributed by atoms with van der Waals surface area (Å²) < 4.78 is 4.87. The minimum Gasteiger partial charge on any atom is -0.444 e. The standard InChI is InChI=1S/C10H17NO3.C6H6/c1-3-4-5-6-9(12)11-7-8(2)14-10(11)13;1-2-4-6-5-3-1/h8H,3-7H2,1-2H3;1-6H. The van der Waals surface area contributed by atoms with Crippen molar-refractivity contribution < 1.29 is 14.3 Å². The van der Waals surface area contributed by atoms with Gasteiger partial charge in [0, 0.05) is 6.42 Å². The van der Waals surface area contributed by atoms with Crippen molar-refractivity contribution in [3.05, 3.63) is 36.4 Å². The van der Waals surface area contributed by atoms with E-state index in [1.807, 2.05) is 36.4 Å². The Labute approximate surface area is 120 Å². The normalized spacial score (nSPS) is 17.2. The number of cyclic esters (lactones) is 1. The number of hydrogen-bond acceptors (Lipinski definition) is 3. The number of imide groups is 1. The van der Waals surface area contributed by atoms with Crippen molar-refractivity contribution in [3.63, 3.8) is 0 Å².